The van der Waals surface area contributed by atoms with E-state index in [2.05, 4.69) is 17.6 Å². The Bertz CT molecular complexity index is 239. The maximum Gasteiger partial charge on any atom is 0.250 e. The summed E-state index contributed by atoms with van der Waals surface area (Å²) in [6, 6.07) is 0.363. The van der Waals surface area contributed by atoms with Gasteiger partial charge in [0.25, 0.3) is 5.91 Å². The van der Waals surface area contributed by atoms with Gasteiger partial charge in [0.05, 0.1) is 6.61 Å². The molecule has 1 saturated carbocycles. The molecular formula is C12H22N2O2. The third kappa shape index (κ3) is 3.19. The van der Waals surface area contributed by atoms with Crippen molar-refractivity contribution in [1.29, 1.82) is 0 Å². The molecule has 1 aliphatic carbocycles. The average Bonchev–Trinajstić information content (AvgIpc) is 2.30. The van der Waals surface area contributed by atoms with Gasteiger partial charge in [-0.3, -0.25) is 4.79 Å². The number of ether oxygens (including phenoxy) is 1. The van der Waals surface area contributed by atoms with Gasteiger partial charge in [-0.2, -0.15) is 0 Å². The zero-order valence-corrected chi connectivity index (χ0v) is 10.00. The zero-order chi connectivity index (χ0) is 11.4. The molecule has 2 fully saturated rings. The van der Waals surface area contributed by atoms with E-state index in [4.69, 9.17) is 4.74 Å². The third-order valence-corrected chi connectivity index (χ3v) is 3.50. The molecule has 1 amide bonds. The minimum Gasteiger partial charge on any atom is -0.366 e. The Balaban J connectivity index is 1.77. The molecule has 3 unspecified atom stereocenters. The summed E-state index contributed by atoms with van der Waals surface area (Å²) >= 11 is 0. The Morgan fingerprint density at radius 3 is 3.00 bits per heavy atom. The Hall–Kier alpha value is -0.610. The van der Waals surface area contributed by atoms with Crippen LogP contribution in [0, 0.1) is 5.92 Å². The van der Waals surface area contributed by atoms with Crippen molar-refractivity contribution in [2.24, 2.45) is 5.92 Å². The van der Waals surface area contributed by atoms with Crippen molar-refractivity contribution in [2.45, 2.75) is 44.8 Å². The van der Waals surface area contributed by atoms with Gasteiger partial charge in [-0.25, -0.2) is 0 Å². The van der Waals surface area contributed by atoms with Crippen LogP contribution in [0.5, 0.6) is 0 Å². The minimum absolute atomic E-state index is 0.0614. The van der Waals surface area contributed by atoms with Gasteiger partial charge in [0.15, 0.2) is 0 Å². The van der Waals surface area contributed by atoms with Gasteiger partial charge in [0, 0.05) is 19.1 Å². The molecule has 2 aliphatic rings. The molecule has 0 aromatic carbocycles. The molecule has 2 rings (SSSR count). The van der Waals surface area contributed by atoms with Gasteiger partial charge in [-0.15, -0.1) is 0 Å². The van der Waals surface area contributed by atoms with Gasteiger partial charge >= 0.3 is 0 Å². The fourth-order valence-electron chi connectivity index (χ4n) is 2.59. The third-order valence-electron chi connectivity index (χ3n) is 3.50. The van der Waals surface area contributed by atoms with Crippen molar-refractivity contribution < 1.29 is 9.53 Å². The maximum atomic E-state index is 11.9. The topological polar surface area (TPSA) is 50.4 Å². The van der Waals surface area contributed by atoms with E-state index in [1.807, 2.05) is 0 Å². The number of morpholine rings is 1. The van der Waals surface area contributed by atoms with E-state index in [-0.39, 0.29) is 12.0 Å². The number of amides is 1. The molecular weight excluding hydrogens is 204 g/mol. The van der Waals surface area contributed by atoms with Gasteiger partial charge < -0.3 is 15.4 Å². The summed E-state index contributed by atoms with van der Waals surface area (Å²) in [4.78, 5) is 11.9. The first-order valence-electron chi connectivity index (χ1n) is 6.38. The number of carbonyl (C=O) groups excluding carboxylic acids is 1. The number of rotatable bonds is 2. The lowest BCUT2D eigenvalue weighted by Gasteiger charge is -2.30. The molecule has 3 atom stereocenters. The van der Waals surface area contributed by atoms with E-state index >= 15 is 0 Å². The average molecular weight is 226 g/mol. The lowest BCUT2D eigenvalue weighted by atomic mass is 9.87. The molecule has 4 nitrogen and oxygen atoms in total. The fraction of sp³-hybridized carbons (Fsp3) is 0.917. The van der Waals surface area contributed by atoms with Crippen molar-refractivity contribution in [3.63, 3.8) is 0 Å². The van der Waals surface area contributed by atoms with Crippen LogP contribution in [0.2, 0.25) is 0 Å². The largest absolute Gasteiger partial charge is 0.366 e. The second-order valence-corrected chi connectivity index (χ2v) is 5.04. The molecule has 4 heteroatoms. The van der Waals surface area contributed by atoms with Crippen LogP contribution < -0.4 is 10.6 Å². The molecule has 0 bridgehead atoms. The Kier molecular flexibility index (Phi) is 4.18. The zero-order valence-electron chi connectivity index (χ0n) is 10.00. The van der Waals surface area contributed by atoms with E-state index in [0.717, 1.165) is 25.3 Å². The Morgan fingerprint density at radius 1 is 1.44 bits per heavy atom. The highest BCUT2D eigenvalue weighted by Crippen LogP contribution is 2.23. The van der Waals surface area contributed by atoms with Crippen LogP contribution in [0.15, 0.2) is 0 Å². The molecule has 0 radical (unpaired) electrons. The lowest BCUT2D eigenvalue weighted by Crippen LogP contribution is -2.50. The molecule has 92 valence electrons. The normalized spacial score (nSPS) is 35.7. The van der Waals surface area contributed by atoms with Crippen LogP contribution in [0.4, 0.5) is 0 Å². The van der Waals surface area contributed by atoms with Gasteiger partial charge in [-0.05, 0) is 18.8 Å². The first-order valence-corrected chi connectivity index (χ1v) is 6.38. The predicted molar refractivity (Wildman–Crippen MR) is 62.2 cm³/mol. The molecule has 0 spiro atoms. The SMILES string of the molecule is CC1CCCC(NC(=O)C2CNCCO2)C1. The van der Waals surface area contributed by atoms with Crippen molar-refractivity contribution in [3.05, 3.63) is 0 Å². The molecule has 0 aromatic rings. The summed E-state index contributed by atoms with van der Waals surface area (Å²) in [5, 5.41) is 6.29. The predicted octanol–water partition coefficient (Wildman–Crippen LogP) is 0.670. The van der Waals surface area contributed by atoms with Crippen LogP contribution >= 0.6 is 0 Å². The summed E-state index contributed by atoms with van der Waals surface area (Å²) < 4.78 is 5.43. The monoisotopic (exact) mass is 226 g/mol. The van der Waals surface area contributed by atoms with Gasteiger partial charge in [0.2, 0.25) is 0 Å². The number of hydrogen-bond donors (Lipinski definition) is 2. The highest BCUT2D eigenvalue weighted by Gasteiger charge is 2.26. The second-order valence-electron chi connectivity index (χ2n) is 5.04. The smallest absolute Gasteiger partial charge is 0.250 e. The van der Waals surface area contributed by atoms with Crippen molar-refractivity contribution in [1.82, 2.24) is 10.6 Å². The summed E-state index contributed by atoms with van der Waals surface area (Å²) in [7, 11) is 0. The number of carbonyl (C=O) groups is 1. The summed E-state index contributed by atoms with van der Waals surface area (Å²) in [5.74, 6) is 0.802. The summed E-state index contributed by atoms with van der Waals surface area (Å²) in [6.45, 7) is 4.40. The number of hydrogen-bond acceptors (Lipinski definition) is 3. The fourth-order valence-corrected chi connectivity index (χ4v) is 2.59. The highest BCUT2D eigenvalue weighted by molar-refractivity contribution is 5.81. The van der Waals surface area contributed by atoms with Gasteiger partial charge in [-0.1, -0.05) is 19.8 Å². The van der Waals surface area contributed by atoms with E-state index in [9.17, 15) is 4.79 Å². The Labute approximate surface area is 97.1 Å². The van der Waals surface area contributed by atoms with Crippen LogP contribution in [0.1, 0.15) is 32.6 Å². The summed E-state index contributed by atoms with van der Waals surface area (Å²) in [5.41, 5.74) is 0. The van der Waals surface area contributed by atoms with E-state index in [1.165, 1.54) is 12.8 Å². The molecule has 2 N–H and O–H groups in total. The van der Waals surface area contributed by atoms with Crippen molar-refractivity contribution >= 4 is 5.91 Å². The van der Waals surface area contributed by atoms with Gasteiger partial charge in [0.1, 0.15) is 6.10 Å². The summed E-state index contributed by atoms with van der Waals surface area (Å²) in [6.07, 6.45) is 4.48. The van der Waals surface area contributed by atoms with E-state index in [1.54, 1.807) is 0 Å². The first kappa shape index (κ1) is 11.9. The van der Waals surface area contributed by atoms with Crippen LogP contribution in [-0.4, -0.2) is 37.7 Å². The first-order chi connectivity index (χ1) is 7.75. The second kappa shape index (κ2) is 5.64. The number of nitrogens with one attached hydrogen (secondary N) is 2. The molecule has 1 aliphatic heterocycles. The molecule has 1 heterocycles. The minimum atomic E-state index is -0.286. The van der Waals surface area contributed by atoms with Crippen molar-refractivity contribution in [3.8, 4) is 0 Å². The van der Waals surface area contributed by atoms with Crippen LogP contribution in [-0.2, 0) is 9.53 Å². The molecule has 1 saturated heterocycles. The molecule has 16 heavy (non-hydrogen) atoms. The standard InChI is InChI=1S/C12H22N2O2/c1-9-3-2-4-10(7-9)14-12(15)11-8-13-5-6-16-11/h9-11,13H,2-8H2,1H3,(H,14,15). The van der Waals surface area contributed by atoms with Crippen LogP contribution in [0.25, 0.3) is 0 Å². The molecule has 0 aromatic heterocycles. The Morgan fingerprint density at radius 2 is 2.31 bits per heavy atom. The van der Waals surface area contributed by atoms with E-state index in [0.29, 0.717) is 19.2 Å². The lowest BCUT2D eigenvalue weighted by molar-refractivity contribution is -0.135. The highest BCUT2D eigenvalue weighted by atomic mass is 16.5. The van der Waals surface area contributed by atoms with Crippen LogP contribution in [0.3, 0.4) is 0 Å². The maximum absolute atomic E-state index is 11.9. The quantitative estimate of drug-likeness (QED) is 0.727. The van der Waals surface area contributed by atoms with E-state index < -0.39 is 0 Å². The van der Waals surface area contributed by atoms with Crippen molar-refractivity contribution in [2.75, 3.05) is 19.7 Å².